The molecule has 0 aliphatic carbocycles. The zero-order valence-corrected chi connectivity index (χ0v) is 10.3. The highest BCUT2D eigenvalue weighted by Gasteiger charge is 2.11. The fourth-order valence-electron chi connectivity index (χ4n) is 0.935. The molecule has 0 spiro atoms. The van der Waals surface area contributed by atoms with Crippen LogP contribution in [0.4, 0.5) is 0 Å². The first-order chi connectivity index (χ1) is 6.66. The number of hydrogen-bond acceptors (Lipinski definition) is 1. The van der Waals surface area contributed by atoms with Gasteiger partial charge in [-0.05, 0) is 12.1 Å². The molecule has 0 radical (unpaired) electrons. The molecule has 1 amide bonds. The highest BCUT2D eigenvalue weighted by atomic mass is 79.9. The van der Waals surface area contributed by atoms with Gasteiger partial charge < -0.3 is 5.32 Å². The van der Waals surface area contributed by atoms with Crippen molar-refractivity contribution >= 4 is 45.0 Å². The summed E-state index contributed by atoms with van der Waals surface area (Å²) in [5.41, 5.74) is 0.403. The predicted octanol–water partition coefficient (Wildman–Crippen LogP) is 3.12. The summed E-state index contributed by atoms with van der Waals surface area (Å²) in [4.78, 5) is 11.5. The third-order valence-electron chi connectivity index (χ3n) is 1.58. The fourth-order valence-corrected chi connectivity index (χ4v) is 1.52. The summed E-state index contributed by atoms with van der Waals surface area (Å²) < 4.78 is 0. The van der Waals surface area contributed by atoms with Crippen LogP contribution >= 0.6 is 39.1 Å². The lowest BCUT2D eigenvalue weighted by atomic mass is 10.2. The van der Waals surface area contributed by atoms with Gasteiger partial charge in [0, 0.05) is 11.9 Å². The Morgan fingerprint density at radius 1 is 1.43 bits per heavy atom. The van der Waals surface area contributed by atoms with Crippen molar-refractivity contribution in [3.63, 3.8) is 0 Å². The summed E-state index contributed by atoms with van der Waals surface area (Å²) in [6.45, 7) is 0.557. The Bertz CT molecular complexity index is 344. The van der Waals surface area contributed by atoms with Gasteiger partial charge in [0.25, 0.3) is 5.91 Å². The van der Waals surface area contributed by atoms with Gasteiger partial charge in [0.2, 0.25) is 0 Å². The Balaban J connectivity index is 2.84. The molecule has 0 saturated heterocycles. The van der Waals surface area contributed by atoms with Crippen LogP contribution in [0.3, 0.4) is 0 Å². The van der Waals surface area contributed by atoms with Crippen molar-refractivity contribution in [1.82, 2.24) is 5.32 Å². The molecule has 0 saturated carbocycles. The molecule has 1 N–H and O–H groups in total. The molecule has 0 aromatic heterocycles. The Labute approximate surface area is 101 Å². The quantitative estimate of drug-likeness (QED) is 0.853. The number of nitrogens with one attached hydrogen (secondary N) is 1. The second-order valence-corrected chi connectivity index (χ2v) is 4.12. The lowest BCUT2D eigenvalue weighted by Gasteiger charge is -2.05. The van der Waals surface area contributed by atoms with Gasteiger partial charge in [-0.3, -0.25) is 4.79 Å². The maximum Gasteiger partial charge on any atom is 0.252 e. The van der Waals surface area contributed by atoms with Crippen molar-refractivity contribution in [1.29, 1.82) is 0 Å². The average Bonchev–Trinajstić information content (AvgIpc) is 2.18. The first kappa shape index (κ1) is 11.8. The van der Waals surface area contributed by atoms with Crippen LogP contribution in [0, 0.1) is 0 Å². The molecule has 76 valence electrons. The molecular weight excluding hydrogens is 289 g/mol. The summed E-state index contributed by atoms with van der Waals surface area (Å²) in [7, 11) is 0. The Morgan fingerprint density at radius 2 is 2.14 bits per heavy atom. The van der Waals surface area contributed by atoms with Gasteiger partial charge in [-0.25, -0.2) is 0 Å². The normalized spacial score (nSPS) is 9.93. The Morgan fingerprint density at radius 3 is 2.79 bits per heavy atom. The monoisotopic (exact) mass is 295 g/mol. The van der Waals surface area contributed by atoms with Crippen LogP contribution in [0.1, 0.15) is 10.4 Å². The number of alkyl halides is 1. The van der Waals surface area contributed by atoms with Crippen LogP contribution < -0.4 is 5.32 Å². The van der Waals surface area contributed by atoms with Crippen LogP contribution in [0.2, 0.25) is 10.0 Å². The molecule has 0 unspecified atom stereocenters. The summed E-state index contributed by atoms with van der Waals surface area (Å²) in [6.07, 6.45) is 0. The highest BCUT2D eigenvalue weighted by Crippen LogP contribution is 2.25. The average molecular weight is 297 g/mol. The standard InChI is InChI=1S/C9H8BrCl2NO/c10-4-5-13-9(14)6-2-1-3-7(11)8(6)12/h1-3H,4-5H2,(H,13,14). The first-order valence-corrected chi connectivity index (χ1v) is 5.82. The fraction of sp³-hybridized carbons (Fsp3) is 0.222. The second kappa shape index (κ2) is 5.59. The van der Waals surface area contributed by atoms with E-state index in [1.165, 1.54) is 0 Å². The molecule has 0 fully saturated rings. The smallest absolute Gasteiger partial charge is 0.252 e. The summed E-state index contributed by atoms with van der Waals surface area (Å²) >= 11 is 14.8. The second-order valence-electron chi connectivity index (χ2n) is 2.55. The van der Waals surface area contributed by atoms with Crippen LogP contribution in [-0.4, -0.2) is 17.8 Å². The van der Waals surface area contributed by atoms with E-state index in [-0.39, 0.29) is 5.91 Å². The van der Waals surface area contributed by atoms with Crippen molar-refractivity contribution in [2.24, 2.45) is 0 Å². The van der Waals surface area contributed by atoms with Gasteiger partial charge in [-0.15, -0.1) is 0 Å². The van der Waals surface area contributed by atoms with Gasteiger partial charge in [0.05, 0.1) is 15.6 Å². The summed E-state index contributed by atoms with van der Waals surface area (Å²) in [5.74, 6) is -0.211. The van der Waals surface area contributed by atoms with Crippen LogP contribution in [0.15, 0.2) is 18.2 Å². The molecule has 1 rings (SSSR count). The predicted molar refractivity (Wildman–Crippen MR) is 62.6 cm³/mol. The minimum atomic E-state index is -0.211. The molecule has 0 aliphatic rings. The number of rotatable bonds is 3. The van der Waals surface area contributed by atoms with Crippen LogP contribution in [0.25, 0.3) is 0 Å². The minimum Gasteiger partial charge on any atom is -0.351 e. The van der Waals surface area contributed by atoms with E-state index < -0.39 is 0 Å². The van der Waals surface area contributed by atoms with Crippen molar-refractivity contribution in [2.45, 2.75) is 0 Å². The van der Waals surface area contributed by atoms with E-state index in [1.54, 1.807) is 18.2 Å². The molecular formula is C9H8BrCl2NO. The third kappa shape index (κ3) is 2.87. The number of amides is 1. The largest absolute Gasteiger partial charge is 0.351 e. The first-order valence-electron chi connectivity index (χ1n) is 3.95. The Kier molecular flexibility index (Phi) is 4.72. The zero-order valence-electron chi connectivity index (χ0n) is 7.19. The zero-order chi connectivity index (χ0) is 10.6. The van der Waals surface area contributed by atoms with E-state index >= 15 is 0 Å². The summed E-state index contributed by atoms with van der Waals surface area (Å²) in [5, 5.41) is 4.07. The van der Waals surface area contributed by atoms with E-state index in [2.05, 4.69) is 21.2 Å². The van der Waals surface area contributed by atoms with Gasteiger partial charge in [0.15, 0.2) is 0 Å². The Hall–Kier alpha value is -0.250. The maximum absolute atomic E-state index is 11.5. The SMILES string of the molecule is O=C(NCCBr)c1cccc(Cl)c1Cl. The molecule has 1 aromatic carbocycles. The molecule has 2 nitrogen and oxygen atoms in total. The minimum absolute atomic E-state index is 0.211. The van der Waals surface area contributed by atoms with Crippen molar-refractivity contribution < 1.29 is 4.79 Å². The summed E-state index contributed by atoms with van der Waals surface area (Å²) in [6, 6.07) is 4.97. The lowest BCUT2D eigenvalue weighted by Crippen LogP contribution is -2.25. The van der Waals surface area contributed by atoms with Crippen molar-refractivity contribution in [2.75, 3.05) is 11.9 Å². The van der Waals surface area contributed by atoms with E-state index in [4.69, 9.17) is 23.2 Å². The number of benzene rings is 1. The van der Waals surface area contributed by atoms with E-state index in [0.717, 1.165) is 0 Å². The maximum atomic E-state index is 11.5. The van der Waals surface area contributed by atoms with Gasteiger partial charge in [-0.1, -0.05) is 45.2 Å². The van der Waals surface area contributed by atoms with Gasteiger partial charge in [0.1, 0.15) is 0 Å². The molecule has 0 atom stereocenters. The van der Waals surface area contributed by atoms with E-state index in [1.807, 2.05) is 0 Å². The van der Waals surface area contributed by atoms with Gasteiger partial charge in [-0.2, -0.15) is 0 Å². The molecule has 14 heavy (non-hydrogen) atoms. The topological polar surface area (TPSA) is 29.1 Å². The van der Waals surface area contributed by atoms with Crippen molar-refractivity contribution in [3.05, 3.63) is 33.8 Å². The van der Waals surface area contributed by atoms with Gasteiger partial charge >= 0.3 is 0 Å². The molecule has 1 aromatic rings. The molecule has 0 bridgehead atoms. The highest BCUT2D eigenvalue weighted by molar-refractivity contribution is 9.09. The third-order valence-corrected chi connectivity index (χ3v) is 2.79. The van der Waals surface area contributed by atoms with E-state index in [0.29, 0.717) is 27.5 Å². The molecule has 5 heteroatoms. The van der Waals surface area contributed by atoms with E-state index in [9.17, 15) is 4.79 Å². The lowest BCUT2D eigenvalue weighted by molar-refractivity contribution is 0.0956. The molecule has 0 aliphatic heterocycles. The number of carbonyl (C=O) groups excluding carboxylic acids is 1. The molecule has 0 heterocycles. The van der Waals surface area contributed by atoms with Crippen molar-refractivity contribution in [3.8, 4) is 0 Å². The number of halogens is 3. The van der Waals surface area contributed by atoms with Crippen LogP contribution in [-0.2, 0) is 0 Å². The van der Waals surface area contributed by atoms with Crippen LogP contribution in [0.5, 0.6) is 0 Å². The number of carbonyl (C=O) groups is 1. The number of hydrogen-bond donors (Lipinski definition) is 1.